The largest absolute Gasteiger partial charge is 0.394 e. The van der Waals surface area contributed by atoms with Gasteiger partial charge in [-0.05, 0) is 18.5 Å². The van der Waals surface area contributed by atoms with E-state index in [-0.39, 0.29) is 5.28 Å². The van der Waals surface area contributed by atoms with Gasteiger partial charge in [0.1, 0.15) is 0 Å². The molecule has 0 bridgehead atoms. The zero-order chi connectivity index (χ0) is 12.3. The maximum absolute atomic E-state index is 5.70. The van der Waals surface area contributed by atoms with Crippen LogP contribution in [0.2, 0.25) is 5.28 Å². The summed E-state index contributed by atoms with van der Waals surface area (Å²) < 4.78 is 0. The van der Waals surface area contributed by atoms with Crippen LogP contribution >= 0.6 is 11.6 Å². The summed E-state index contributed by atoms with van der Waals surface area (Å²) in [5, 5.41) is 3.18. The van der Waals surface area contributed by atoms with E-state index in [1.807, 2.05) is 6.92 Å². The molecule has 0 radical (unpaired) electrons. The van der Waals surface area contributed by atoms with Gasteiger partial charge in [-0.25, -0.2) is 4.98 Å². The van der Waals surface area contributed by atoms with Gasteiger partial charge in [-0.2, -0.15) is 4.98 Å². The molecule has 17 heavy (non-hydrogen) atoms. The zero-order valence-electron chi connectivity index (χ0n) is 9.18. The number of nitrogens with one attached hydrogen (secondary N) is 1. The van der Waals surface area contributed by atoms with Gasteiger partial charge >= 0.3 is 0 Å². The first kappa shape index (κ1) is 11.5. The number of aromatic nitrogens is 4. The van der Waals surface area contributed by atoms with Crippen LogP contribution in [0.3, 0.4) is 0 Å². The van der Waals surface area contributed by atoms with Crippen LogP contribution in [0.1, 0.15) is 11.4 Å². The van der Waals surface area contributed by atoms with Gasteiger partial charge in [-0.1, -0.05) is 0 Å². The molecule has 2 rings (SSSR count). The van der Waals surface area contributed by atoms with Gasteiger partial charge in [0.2, 0.25) is 5.28 Å². The quantitative estimate of drug-likeness (QED) is 0.801. The minimum atomic E-state index is 0.150. The lowest BCUT2D eigenvalue weighted by molar-refractivity contribution is 0.974. The van der Waals surface area contributed by atoms with Crippen molar-refractivity contribution in [1.82, 2.24) is 19.9 Å². The Morgan fingerprint density at radius 2 is 2.06 bits per heavy atom. The molecule has 2 heterocycles. The molecule has 88 valence electrons. The van der Waals surface area contributed by atoms with Crippen molar-refractivity contribution in [2.24, 2.45) is 0 Å². The number of halogens is 1. The van der Waals surface area contributed by atoms with Gasteiger partial charge in [0.15, 0.2) is 5.82 Å². The molecule has 0 aliphatic rings. The maximum Gasteiger partial charge on any atom is 0.224 e. The van der Waals surface area contributed by atoms with Gasteiger partial charge in [0.25, 0.3) is 0 Å². The molecule has 0 saturated carbocycles. The minimum absolute atomic E-state index is 0.150. The van der Waals surface area contributed by atoms with Gasteiger partial charge in [-0.3, -0.25) is 9.97 Å². The van der Waals surface area contributed by atoms with Crippen molar-refractivity contribution in [3.05, 3.63) is 35.3 Å². The molecule has 0 aliphatic carbocycles. The Kier molecular flexibility index (Phi) is 3.34. The second-order valence-electron chi connectivity index (χ2n) is 3.45. The van der Waals surface area contributed by atoms with Crippen molar-refractivity contribution >= 4 is 23.1 Å². The molecule has 0 unspecified atom stereocenters. The molecule has 0 saturated heterocycles. The van der Waals surface area contributed by atoms with Gasteiger partial charge in [0, 0.05) is 6.20 Å². The van der Waals surface area contributed by atoms with Crippen LogP contribution in [0.5, 0.6) is 0 Å². The van der Waals surface area contributed by atoms with Crippen molar-refractivity contribution < 1.29 is 0 Å². The predicted octanol–water partition coefficient (Wildman–Crippen LogP) is 1.42. The minimum Gasteiger partial charge on any atom is -0.394 e. The highest BCUT2D eigenvalue weighted by atomic mass is 35.5. The molecule has 2 aromatic heterocycles. The smallest absolute Gasteiger partial charge is 0.224 e. The molecule has 2 aromatic rings. The van der Waals surface area contributed by atoms with E-state index >= 15 is 0 Å². The number of hydrogen-bond donors (Lipinski definition) is 2. The van der Waals surface area contributed by atoms with Gasteiger partial charge in [-0.15, -0.1) is 0 Å². The molecule has 0 fully saturated rings. The Hall–Kier alpha value is -1.95. The summed E-state index contributed by atoms with van der Waals surface area (Å²) in [4.78, 5) is 16.1. The van der Waals surface area contributed by atoms with Crippen molar-refractivity contribution in [3.63, 3.8) is 0 Å². The summed E-state index contributed by atoms with van der Waals surface area (Å²) in [6, 6.07) is 0. The molecular formula is C10H11ClN6. The zero-order valence-corrected chi connectivity index (χ0v) is 9.94. The summed E-state index contributed by atoms with van der Waals surface area (Å²) in [7, 11) is 0. The van der Waals surface area contributed by atoms with E-state index in [4.69, 9.17) is 17.3 Å². The molecular weight excluding hydrogens is 240 g/mol. The van der Waals surface area contributed by atoms with Gasteiger partial charge in [0.05, 0.1) is 36.0 Å². The summed E-state index contributed by atoms with van der Waals surface area (Å²) in [6.07, 6.45) is 4.85. The lowest BCUT2D eigenvalue weighted by Crippen LogP contribution is -2.07. The molecule has 0 aliphatic heterocycles. The van der Waals surface area contributed by atoms with Crippen molar-refractivity contribution in [2.45, 2.75) is 13.5 Å². The fraction of sp³-hybridized carbons (Fsp3) is 0.200. The summed E-state index contributed by atoms with van der Waals surface area (Å²) >= 11 is 5.67. The second kappa shape index (κ2) is 4.92. The number of nitrogen functional groups attached to an aromatic ring is 1. The number of aryl methyl sites for hydroxylation is 1. The van der Waals surface area contributed by atoms with Crippen molar-refractivity contribution in [3.8, 4) is 0 Å². The van der Waals surface area contributed by atoms with Crippen molar-refractivity contribution in [1.29, 1.82) is 0 Å². The molecule has 0 spiro atoms. The van der Waals surface area contributed by atoms with E-state index in [1.165, 1.54) is 6.20 Å². The number of rotatable bonds is 3. The average molecular weight is 251 g/mol. The lowest BCUT2D eigenvalue weighted by Gasteiger charge is -2.07. The summed E-state index contributed by atoms with van der Waals surface area (Å²) in [5.41, 5.74) is 7.80. The maximum atomic E-state index is 5.70. The van der Waals surface area contributed by atoms with E-state index in [0.717, 1.165) is 11.4 Å². The molecule has 7 heteroatoms. The molecule has 0 atom stereocenters. The Labute approximate surface area is 103 Å². The van der Waals surface area contributed by atoms with E-state index in [9.17, 15) is 0 Å². The van der Waals surface area contributed by atoms with E-state index < -0.39 is 0 Å². The second-order valence-corrected chi connectivity index (χ2v) is 3.78. The fourth-order valence-electron chi connectivity index (χ4n) is 1.20. The summed E-state index contributed by atoms with van der Waals surface area (Å²) in [6.45, 7) is 2.36. The van der Waals surface area contributed by atoms with Crippen LogP contribution in [0.4, 0.5) is 11.5 Å². The van der Waals surface area contributed by atoms with Crippen LogP contribution < -0.4 is 11.1 Å². The molecule has 0 aromatic carbocycles. The standard InChI is InChI=1S/C10H11ClN6/c1-6-2-14-7(3-13-6)4-15-9-8(12)5-16-10(11)17-9/h2-3,5H,4,12H2,1H3,(H,15,16,17). The van der Waals surface area contributed by atoms with Crippen LogP contribution in [0, 0.1) is 6.92 Å². The average Bonchev–Trinajstić information content (AvgIpc) is 2.32. The first-order valence-corrected chi connectivity index (χ1v) is 5.32. The van der Waals surface area contributed by atoms with E-state index in [0.29, 0.717) is 18.1 Å². The third kappa shape index (κ3) is 3.01. The van der Waals surface area contributed by atoms with Crippen molar-refractivity contribution in [2.75, 3.05) is 11.1 Å². The predicted molar refractivity (Wildman–Crippen MR) is 65.6 cm³/mol. The Morgan fingerprint density at radius 1 is 1.24 bits per heavy atom. The van der Waals surface area contributed by atoms with Crippen LogP contribution in [0.15, 0.2) is 18.6 Å². The first-order chi connectivity index (χ1) is 8.15. The number of nitrogens with zero attached hydrogens (tertiary/aromatic N) is 4. The Bertz CT molecular complexity index is 513. The highest BCUT2D eigenvalue weighted by Crippen LogP contribution is 2.16. The summed E-state index contributed by atoms with van der Waals surface area (Å²) in [5.74, 6) is 0.493. The molecule has 6 nitrogen and oxygen atoms in total. The molecule has 0 amide bonds. The van der Waals surface area contributed by atoms with Crippen LogP contribution in [-0.2, 0) is 6.54 Å². The number of nitrogens with two attached hydrogens (primary N) is 1. The normalized spacial score (nSPS) is 10.2. The fourth-order valence-corrected chi connectivity index (χ4v) is 1.33. The Balaban J connectivity index is 2.07. The monoisotopic (exact) mass is 250 g/mol. The Morgan fingerprint density at radius 3 is 2.76 bits per heavy atom. The van der Waals surface area contributed by atoms with E-state index in [1.54, 1.807) is 12.4 Å². The van der Waals surface area contributed by atoms with Crippen LogP contribution in [0.25, 0.3) is 0 Å². The first-order valence-electron chi connectivity index (χ1n) is 4.94. The van der Waals surface area contributed by atoms with E-state index in [2.05, 4.69) is 25.3 Å². The third-order valence-corrected chi connectivity index (χ3v) is 2.24. The lowest BCUT2D eigenvalue weighted by atomic mass is 10.4. The van der Waals surface area contributed by atoms with Gasteiger partial charge < -0.3 is 11.1 Å². The SMILES string of the molecule is Cc1cnc(CNc2nc(Cl)ncc2N)cn1. The third-order valence-electron chi connectivity index (χ3n) is 2.06. The highest BCUT2D eigenvalue weighted by Gasteiger charge is 2.03. The topological polar surface area (TPSA) is 89.6 Å². The number of anilines is 2. The number of hydrogen-bond acceptors (Lipinski definition) is 6. The van der Waals surface area contributed by atoms with Crippen LogP contribution in [-0.4, -0.2) is 19.9 Å². The molecule has 3 N–H and O–H groups in total. The highest BCUT2D eigenvalue weighted by molar-refractivity contribution is 6.28.